The molecule has 2 aliphatic rings. The largest absolute Gasteiger partial charge is 0.378 e. The number of ether oxygens (including phenoxy) is 1. The highest BCUT2D eigenvalue weighted by Crippen LogP contribution is 2.30. The first-order chi connectivity index (χ1) is 9.24. The zero-order valence-corrected chi connectivity index (χ0v) is 13.3. The van der Waals surface area contributed by atoms with Gasteiger partial charge in [-0.3, -0.25) is 4.79 Å². The molecule has 1 aliphatic heterocycles. The summed E-state index contributed by atoms with van der Waals surface area (Å²) in [6, 6.07) is 0.198. The number of morpholine rings is 1. The van der Waals surface area contributed by atoms with Crippen molar-refractivity contribution in [3.8, 4) is 0 Å². The van der Waals surface area contributed by atoms with Crippen molar-refractivity contribution in [3.05, 3.63) is 0 Å². The van der Waals surface area contributed by atoms with Gasteiger partial charge in [-0.1, -0.05) is 26.2 Å². The van der Waals surface area contributed by atoms with Crippen molar-refractivity contribution in [1.29, 1.82) is 0 Å². The number of rotatable bonds is 5. The van der Waals surface area contributed by atoms with Crippen LogP contribution < -0.4 is 10.6 Å². The first-order valence-corrected chi connectivity index (χ1v) is 7.82. The van der Waals surface area contributed by atoms with Crippen LogP contribution in [0.2, 0.25) is 0 Å². The van der Waals surface area contributed by atoms with Gasteiger partial charge in [-0.25, -0.2) is 0 Å². The minimum atomic E-state index is 0. The van der Waals surface area contributed by atoms with Gasteiger partial charge >= 0.3 is 0 Å². The van der Waals surface area contributed by atoms with Crippen LogP contribution in [0, 0.1) is 11.8 Å². The maximum atomic E-state index is 11.8. The van der Waals surface area contributed by atoms with Gasteiger partial charge in [0.05, 0.1) is 13.2 Å². The van der Waals surface area contributed by atoms with Crippen molar-refractivity contribution >= 4 is 18.3 Å². The average Bonchev–Trinajstić information content (AvgIpc) is 2.40. The predicted molar refractivity (Wildman–Crippen MR) is 83.2 cm³/mol. The molecule has 20 heavy (non-hydrogen) atoms. The number of amides is 1. The lowest BCUT2D eigenvalue weighted by molar-refractivity contribution is -0.122. The summed E-state index contributed by atoms with van der Waals surface area (Å²) in [4.78, 5) is 11.8. The number of carbonyl (C=O) groups excluding carboxylic acids is 1. The van der Waals surface area contributed by atoms with E-state index in [0.717, 1.165) is 38.0 Å². The SMILES string of the molecule is CC1CCCC(CCNC(=O)CC2COCCN2)C1.Cl. The lowest BCUT2D eigenvalue weighted by Gasteiger charge is -2.27. The molecule has 0 aromatic carbocycles. The molecule has 1 saturated carbocycles. The lowest BCUT2D eigenvalue weighted by atomic mass is 9.81. The van der Waals surface area contributed by atoms with Gasteiger partial charge in [0.15, 0.2) is 0 Å². The van der Waals surface area contributed by atoms with Crippen LogP contribution >= 0.6 is 12.4 Å². The van der Waals surface area contributed by atoms with Crippen LogP contribution in [0.15, 0.2) is 0 Å². The third-order valence-electron chi connectivity index (χ3n) is 4.35. The molecule has 0 aromatic rings. The fourth-order valence-electron chi connectivity index (χ4n) is 3.28. The van der Waals surface area contributed by atoms with E-state index in [-0.39, 0.29) is 24.4 Å². The van der Waals surface area contributed by atoms with Gasteiger partial charge in [0.25, 0.3) is 0 Å². The maximum Gasteiger partial charge on any atom is 0.221 e. The van der Waals surface area contributed by atoms with Crippen LogP contribution in [0.4, 0.5) is 0 Å². The van der Waals surface area contributed by atoms with Crippen molar-refractivity contribution in [1.82, 2.24) is 10.6 Å². The quantitative estimate of drug-likeness (QED) is 0.818. The van der Waals surface area contributed by atoms with Crippen LogP contribution in [-0.4, -0.2) is 38.3 Å². The van der Waals surface area contributed by atoms with E-state index in [0.29, 0.717) is 13.0 Å². The molecular weight excluding hydrogens is 276 g/mol. The second kappa shape index (κ2) is 9.59. The van der Waals surface area contributed by atoms with Crippen molar-refractivity contribution in [2.24, 2.45) is 11.8 Å². The summed E-state index contributed by atoms with van der Waals surface area (Å²) in [5.41, 5.74) is 0. The van der Waals surface area contributed by atoms with Gasteiger partial charge in [0, 0.05) is 25.6 Å². The molecule has 1 saturated heterocycles. The Kier molecular flexibility index (Phi) is 8.50. The van der Waals surface area contributed by atoms with E-state index in [9.17, 15) is 4.79 Å². The lowest BCUT2D eigenvalue weighted by Crippen LogP contribution is -2.44. The molecule has 1 amide bonds. The van der Waals surface area contributed by atoms with Crippen molar-refractivity contribution < 1.29 is 9.53 Å². The molecule has 5 heteroatoms. The summed E-state index contributed by atoms with van der Waals surface area (Å²) >= 11 is 0. The number of hydrogen-bond donors (Lipinski definition) is 2. The molecule has 2 fully saturated rings. The molecule has 0 spiro atoms. The second-order valence-corrected chi connectivity index (χ2v) is 6.21. The Morgan fingerprint density at radius 3 is 2.95 bits per heavy atom. The summed E-state index contributed by atoms with van der Waals surface area (Å²) in [5.74, 6) is 1.85. The van der Waals surface area contributed by atoms with Gasteiger partial charge in [-0.15, -0.1) is 12.4 Å². The molecule has 2 rings (SSSR count). The maximum absolute atomic E-state index is 11.8. The Morgan fingerprint density at radius 2 is 2.25 bits per heavy atom. The van der Waals surface area contributed by atoms with Crippen LogP contribution in [0.5, 0.6) is 0 Å². The van der Waals surface area contributed by atoms with Crippen LogP contribution in [0.3, 0.4) is 0 Å². The fourth-order valence-corrected chi connectivity index (χ4v) is 3.28. The third kappa shape index (κ3) is 6.42. The second-order valence-electron chi connectivity index (χ2n) is 6.21. The van der Waals surface area contributed by atoms with E-state index in [1.165, 1.54) is 25.7 Å². The number of carbonyl (C=O) groups is 1. The Balaban J connectivity index is 0.00000200. The molecule has 0 radical (unpaired) electrons. The molecule has 1 aliphatic carbocycles. The van der Waals surface area contributed by atoms with E-state index in [4.69, 9.17) is 4.74 Å². The van der Waals surface area contributed by atoms with E-state index in [1.807, 2.05) is 0 Å². The Hall–Kier alpha value is -0.320. The molecule has 4 nitrogen and oxygen atoms in total. The van der Waals surface area contributed by atoms with E-state index < -0.39 is 0 Å². The molecule has 2 N–H and O–H groups in total. The number of halogens is 1. The number of nitrogens with one attached hydrogen (secondary N) is 2. The van der Waals surface area contributed by atoms with Crippen molar-refractivity contribution in [2.75, 3.05) is 26.3 Å². The summed E-state index contributed by atoms with van der Waals surface area (Å²) < 4.78 is 5.35. The normalized spacial score (nSPS) is 30.4. The highest BCUT2D eigenvalue weighted by molar-refractivity contribution is 5.85. The Bertz CT molecular complexity index is 283. The molecule has 3 unspecified atom stereocenters. The predicted octanol–water partition coefficient (Wildman–Crippen LogP) is 2.12. The monoisotopic (exact) mass is 304 g/mol. The summed E-state index contributed by atoms with van der Waals surface area (Å²) in [7, 11) is 0. The fraction of sp³-hybridized carbons (Fsp3) is 0.933. The average molecular weight is 305 g/mol. The van der Waals surface area contributed by atoms with Crippen LogP contribution in [0.25, 0.3) is 0 Å². The van der Waals surface area contributed by atoms with Crippen LogP contribution in [-0.2, 0) is 9.53 Å². The molecule has 0 aromatic heterocycles. The molecule has 118 valence electrons. The summed E-state index contributed by atoms with van der Waals surface area (Å²) in [5, 5.41) is 6.37. The van der Waals surface area contributed by atoms with Crippen molar-refractivity contribution in [3.63, 3.8) is 0 Å². The van der Waals surface area contributed by atoms with E-state index in [2.05, 4.69) is 17.6 Å². The smallest absolute Gasteiger partial charge is 0.221 e. The minimum absolute atomic E-state index is 0. The highest BCUT2D eigenvalue weighted by Gasteiger charge is 2.19. The summed E-state index contributed by atoms with van der Waals surface area (Å²) in [6.07, 6.45) is 7.12. The third-order valence-corrected chi connectivity index (χ3v) is 4.35. The summed E-state index contributed by atoms with van der Waals surface area (Å²) in [6.45, 7) is 5.47. The highest BCUT2D eigenvalue weighted by atomic mass is 35.5. The molecular formula is C15H29ClN2O2. The van der Waals surface area contributed by atoms with Gasteiger partial charge in [-0.2, -0.15) is 0 Å². The zero-order valence-electron chi connectivity index (χ0n) is 12.5. The zero-order chi connectivity index (χ0) is 13.5. The van der Waals surface area contributed by atoms with Gasteiger partial charge in [0.2, 0.25) is 5.91 Å². The van der Waals surface area contributed by atoms with E-state index >= 15 is 0 Å². The van der Waals surface area contributed by atoms with Gasteiger partial charge < -0.3 is 15.4 Å². The molecule has 0 bridgehead atoms. The van der Waals surface area contributed by atoms with Gasteiger partial charge in [-0.05, 0) is 24.7 Å². The number of hydrogen-bond acceptors (Lipinski definition) is 3. The first kappa shape index (κ1) is 17.7. The van der Waals surface area contributed by atoms with Crippen molar-refractivity contribution in [2.45, 2.75) is 51.5 Å². The Morgan fingerprint density at radius 1 is 1.40 bits per heavy atom. The molecule has 1 heterocycles. The minimum Gasteiger partial charge on any atom is -0.378 e. The van der Waals surface area contributed by atoms with Crippen LogP contribution in [0.1, 0.15) is 45.4 Å². The van der Waals surface area contributed by atoms with E-state index in [1.54, 1.807) is 0 Å². The Labute approximate surface area is 128 Å². The standard InChI is InChI=1S/C15H28N2O2.ClH/c1-12-3-2-4-13(9-12)5-6-17-15(18)10-14-11-19-8-7-16-14;/h12-14,16H,2-11H2,1H3,(H,17,18);1H. The first-order valence-electron chi connectivity index (χ1n) is 7.82. The molecule has 3 atom stereocenters. The topological polar surface area (TPSA) is 50.4 Å². The van der Waals surface area contributed by atoms with Gasteiger partial charge in [0.1, 0.15) is 0 Å².